The van der Waals surface area contributed by atoms with Crippen LogP contribution in [-0.2, 0) is 6.42 Å². The van der Waals surface area contributed by atoms with Crippen molar-refractivity contribution in [2.45, 2.75) is 33.6 Å². The number of aromatic nitrogens is 2. The number of nitrogens with one attached hydrogen (secondary N) is 1. The fourth-order valence-electron chi connectivity index (χ4n) is 2.91. The van der Waals surface area contributed by atoms with Gasteiger partial charge in [-0.2, -0.15) is 0 Å². The molecular weight excluding hydrogens is 334 g/mol. The molecule has 3 rings (SSSR count). The largest absolute Gasteiger partial charge is 0.497 e. The first-order valence-electron chi connectivity index (χ1n) is 8.93. The summed E-state index contributed by atoms with van der Waals surface area (Å²) < 4.78 is 8.41. The lowest BCUT2D eigenvalue weighted by Gasteiger charge is -2.40. The van der Waals surface area contributed by atoms with E-state index in [0.717, 1.165) is 60.8 Å². The first-order valence-corrected chi connectivity index (χ1v) is 9.81. The van der Waals surface area contributed by atoms with Gasteiger partial charge in [-0.05, 0) is 24.5 Å². The molecule has 0 atom stereocenters. The highest BCUT2D eigenvalue weighted by atomic mass is 32.2. The van der Waals surface area contributed by atoms with Crippen molar-refractivity contribution in [2.75, 3.05) is 31.6 Å². The molecule has 25 heavy (non-hydrogen) atoms. The van der Waals surface area contributed by atoms with Gasteiger partial charge in [0.1, 0.15) is 17.4 Å². The zero-order valence-corrected chi connectivity index (χ0v) is 16.4. The topological polar surface area (TPSA) is 76.3 Å². The summed E-state index contributed by atoms with van der Waals surface area (Å²) in [5, 5.41) is 6.47. The second-order valence-electron chi connectivity index (χ2n) is 5.77. The predicted octanol–water partition coefficient (Wildman–Crippen LogP) is 3.16. The van der Waals surface area contributed by atoms with Crippen LogP contribution in [0.15, 0.2) is 18.2 Å². The Hall–Kier alpha value is -1.57. The van der Waals surface area contributed by atoms with E-state index < -0.39 is 0 Å². The standard InChI is InChI=1S/C16H23N5OS.C2H6/c1-3-15-19-14-8-12(22-2)4-5-13(14)16(20-15)21-9-11(10-21)6-7-18-23-17;1-2/h4-5,8,11,18H,3,6-7,9-10,17H2,1-2H3;1-2H3. The summed E-state index contributed by atoms with van der Waals surface area (Å²) in [5.74, 6) is 3.45. The molecule has 0 unspecified atom stereocenters. The maximum atomic E-state index is 5.38. The minimum atomic E-state index is 0.697. The number of nitrogens with two attached hydrogens (primary N) is 1. The van der Waals surface area contributed by atoms with Gasteiger partial charge in [-0.1, -0.05) is 20.8 Å². The molecule has 0 spiro atoms. The Balaban J connectivity index is 0.00000109. The van der Waals surface area contributed by atoms with E-state index >= 15 is 0 Å². The quantitative estimate of drug-likeness (QED) is 0.578. The number of methoxy groups -OCH3 is 1. The number of rotatable bonds is 7. The van der Waals surface area contributed by atoms with Gasteiger partial charge in [-0.15, -0.1) is 0 Å². The Morgan fingerprint density at radius 3 is 2.72 bits per heavy atom. The van der Waals surface area contributed by atoms with Crippen LogP contribution in [0.5, 0.6) is 5.75 Å². The average Bonchev–Trinajstić information content (AvgIpc) is 2.64. The van der Waals surface area contributed by atoms with Crippen molar-refractivity contribution in [3.63, 3.8) is 0 Å². The molecule has 7 heteroatoms. The van der Waals surface area contributed by atoms with Crippen molar-refractivity contribution >= 4 is 28.9 Å². The average molecular weight is 364 g/mol. The molecule has 138 valence electrons. The Kier molecular flexibility index (Phi) is 7.74. The molecule has 0 saturated carbocycles. The molecule has 1 aromatic heterocycles. The highest BCUT2D eigenvalue weighted by molar-refractivity contribution is 7.95. The summed E-state index contributed by atoms with van der Waals surface area (Å²) >= 11 is 1.19. The van der Waals surface area contributed by atoms with Gasteiger partial charge in [-0.25, -0.2) is 9.97 Å². The SMILES string of the molecule is CC.CCc1nc(N2CC(CCNSN)C2)c2ccc(OC)cc2n1. The second-order valence-corrected chi connectivity index (χ2v) is 6.30. The van der Waals surface area contributed by atoms with Crippen molar-refractivity contribution in [2.24, 2.45) is 11.1 Å². The minimum Gasteiger partial charge on any atom is -0.497 e. The first kappa shape index (κ1) is 19.8. The third-order valence-electron chi connectivity index (χ3n) is 4.24. The van der Waals surface area contributed by atoms with Gasteiger partial charge < -0.3 is 9.64 Å². The van der Waals surface area contributed by atoms with Gasteiger partial charge in [-0.3, -0.25) is 9.86 Å². The van der Waals surface area contributed by atoms with Crippen LogP contribution in [0.2, 0.25) is 0 Å². The van der Waals surface area contributed by atoms with E-state index in [1.165, 1.54) is 12.1 Å². The number of aryl methyl sites for hydroxylation is 1. The zero-order valence-electron chi connectivity index (χ0n) is 15.6. The summed E-state index contributed by atoms with van der Waals surface area (Å²) in [5.41, 5.74) is 0.954. The lowest BCUT2D eigenvalue weighted by Crippen LogP contribution is -2.48. The molecule has 1 fully saturated rings. The van der Waals surface area contributed by atoms with Crippen LogP contribution in [0.1, 0.15) is 33.0 Å². The molecule has 0 bridgehead atoms. The Morgan fingerprint density at radius 2 is 2.08 bits per heavy atom. The van der Waals surface area contributed by atoms with Crippen LogP contribution >= 0.6 is 12.1 Å². The summed E-state index contributed by atoms with van der Waals surface area (Å²) in [6.07, 6.45) is 1.97. The molecule has 1 saturated heterocycles. The third kappa shape index (κ3) is 4.74. The van der Waals surface area contributed by atoms with Crippen LogP contribution in [-0.4, -0.2) is 36.7 Å². The molecule has 0 amide bonds. The van der Waals surface area contributed by atoms with Crippen LogP contribution < -0.4 is 19.5 Å². The maximum Gasteiger partial charge on any atom is 0.140 e. The molecular formula is C18H29N5OS. The first-order chi connectivity index (χ1) is 12.2. The van der Waals surface area contributed by atoms with E-state index in [-0.39, 0.29) is 0 Å². The molecule has 1 aliphatic rings. The fourth-order valence-corrected chi connectivity index (χ4v) is 3.15. The molecule has 1 aromatic carbocycles. The summed E-state index contributed by atoms with van der Waals surface area (Å²) in [4.78, 5) is 11.7. The van der Waals surface area contributed by atoms with Crippen molar-refractivity contribution in [3.05, 3.63) is 24.0 Å². The van der Waals surface area contributed by atoms with E-state index in [1.54, 1.807) is 7.11 Å². The van der Waals surface area contributed by atoms with Gasteiger partial charge in [0, 0.05) is 49.6 Å². The van der Waals surface area contributed by atoms with E-state index in [1.807, 2.05) is 26.0 Å². The maximum absolute atomic E-state index is 5.38. The molecule has 3 N–H and O–H groups in total. The van der Waals surface area contributed by atoms with Crippen molar-refractivity contribution < 1.29 is 4.74 Å². The van der Waals surface area contributed by atoms with Gasteiger partial charge in [0.25, 0.3) is 0 Å². The van der Waals surface area contributed by atoms with Crippen LogP contribution in [0.25, 0.3) is 10.9 Å². The fraction of sp³-hybridized carbons (Fsp3) is 0.556. The minimum absolute atomic E-state index is 0.697. The van der Waals surface area contributed by atoms with E-state index in [9.17, 15) is 0 Å². The smallest absolute Gasteiger partial charge is 0.140 e. The molecule has 2 aromatic rings. The number of hydrogen-bond donors (Lipinski definition) is 2. The summed E-state index contributed by atoms with van der Waals surface area (Å²) in [6.45, 7) is 9.11. The second kappa shape index (κ2) is 9.79. The van der Waals surface area contributed by atoms with Gasteiger partial charge in [0.2, 0.25) is 0 Å². The van der Waals surface area contributed by atoms with Crippen LogP contribution in [0.4, 0.5) is 5.82 Å². The third-order valence-corrected chi connectivity index (χ3v) is 4.61. The van der Waals surface area contributed by atoms with Crippen LogP contribution in [0, 0.1) is 5.92 Å². The highest BCUT2D eigenvalue weighted by Gasteiger charge is 2.29. The number of benzene rings is 1. The Labute approximate surface area is 154 Å². The number of fused-ring (bicyclic) bond motifs is 1. The lowest BCUT2D eigenvalue weighted by molar-refractivity contribution is 0.384. The van der Waals surface area contributed by atoms with Gasteiger partial charge >= 0.3 is 0 Å². The zero-order chi connectivity index (χ0) is 18.2. The number of hydrogen-bond acceptors (Lipinski definition) is 7. The van der Waals surface area contributed by atoms with Gasteiger partial charge in [0.05, 0.1) is 12.6 Å². The molecule has 0 aliphatic carbocycles. The number of anilines is 1. The van der Waals surface area contributed by atoms with E-state index in [4.69, 9.17) is 14.9 Å². The molecule has 6 nitrogen and oxygen atoms in total. The monoisotopic (exact) mass is 363 g/mol. The predicted molar refractivity (Wildman–Crippen MR) is 107 cm³/mol. The molecule has 1 aliphatic heterocycles. The van der Waals surface area contributed by atoms with E-state index in [0.29, 0.717) is 5.92 Å². The van der Waals surface area contributed by atoms with Crippen molar-refractivity contribution in [1.82, 2.24) is 14.7 Å². The van der Waals surface area contributed by atoms with Crippen molar-refractivity contribution in [1.29, 1.82) is 0 Å². The highest BCUT2D eigenvalue weighted by Crippen LogP contribution is 2.32. The Bertz CT molecular complexity index is 671. The van der Waals surface area contributed by atoms with Gasteiger partial charge in [0.15, 0.2) is 0 Å². The summed E-state index contributed by atoms with van der Waals surface area (Å²) in [7, 11) is 1.68. The lowest BCUT2D eigenvalue weighted by atomic mass is 9.96. The van der Waals surface area contributed by atoms with Crippen molar-refractivity contribution in [3.8, 4) is 5.75 Å². The number of nitrogens with zero attached hydrogens (tertiary/aromatic N) is 3. The number of ether oxygens (including phenoxy) is 1. The van der Waals surface area contributed by atoms with E-state index in [2.05, 4.69) is 27.6 Å². The summed E-state index contributed by atoms with van der Waals surface area (Å²) in [6, 6.07) is 6.02. The molecule has 0 radical (unpaired) electrons. The molecule has 2 heterocycles. The Morgan fingerprint density at radius 1 is 1.32 bits per heavy atom. The van der Waals surface area contributed by atoms with Crippen LogP contribution in [0.3, 0.4) is 0 Å². The normalized spacial score (nSPS) is 14.0.